The summed E-state index contributed by atoms with van der Waals surface area (Å²) in [4.78, 5) is 22.2. The molecule has 0 aliphatic rings. The highest BCUT2D eigenvalue weighted by Gasteiger charge is 2.23. The Morgan fingerprint density at radius 2 is 2.22 bits per heavy atom. The van der Waals surface area contributed by atoms with E-state index >= 15 is 0 Å². The average Bonchev–Trinajstić information content (AvgIpc) is 2.30. The molecule has 0 saturated carbocycles. The van der Waals surface area contributed by atoms with Crippen LogP contribution in [0.2, 0.25) is 0 Å². The normalized spacial score (nSPS) is 12.4. The van der Waals surface area contributed by atoms with Gasteiger partial charge in [0.2, 0.25) is 0 Å². The van der Waals surface area contributed by atoms with Crippen LogP contribution in [0.3, 0.4) is 0 Å². The lowest BCUT2D eigenvalue weighted by molar-refractivity contribution is -0.386. The predicted molar refractivity (Wildman–Crippen MR) is 61.6 cm³/mol. The highest BCUT2D eigenvalue weighted by molar-refractivity contribution is 5.72. The number of benzene rings is 1. The molecule has 0 saturated heterocycles. The topological polar surface area (TPSA) is 83.7 Å². The molecule has 1 rings (SSSR count). The number of nitrogens with zero attached hydrogens (tertiary/aromatic N) is 2. The smallest absolute Gasteiger partial charge is 0.320 e. The summed E-state index contributed by atoms with van der Waals surface area (Å²) in [5, 5.41) is 19.6. The fourth-order valence-electron chi connectivity index (χ4n) is 1.45. The Labute approximate surface area is 103 Å². The van der Waals surface area contributed by atoms with Crippen LogP contribution in [0.25, 0.3) is 0 Å². The molecule has 0 bridgehead atoms. The van der Waals surface area contributed by atoms with Crippen molar-refractivity contribution in [1.29, 1.82) is 0 Å². The lowest BCUT2D eigenvalue weighted by Crippen LogP contribution is -2.35. The van der Waals surface area contributed by atoms with Crippen LogP contribution in [0.4, 0.5) is 10.1 Å². The molecule has 98 valence electrons. The molecule has 0 spiro atoms. The zero-order valence-electron chi connectivity index (χ0n) is 9.96. The van der Waals surface area contributed by atoms with Crippen LogP contribution in [-0.2, 0) is 11.3 Å². The number of carboxylic acid groups (broad SMARTS) is 1. The molecule has 1 atom stereocenters. The molecule has 1 unspecified atom stereocenters. The number of hydrogen-bond donors (Lipinski definition) is 1. The maximum Gasteiger partial charge on any atom is 0.320 e. The van der Waals surface area contributed by atoms with Crippen LogP contribution in [0.1, 0.15) is 12.5 Å². The van der Waals surface area contributed by atoms with Gasteiger partial charge in [-0.15, -0.1) is 0 Å². The number of rotatable bonds is 5. The minimum atomic E-state index is -1.07. The van der Waals surface area contributed by atoms with Crippen LogP contribution in [0, 0.1) is 15.9 Å². The van der Waals surface area contributed by atoms with Crippen molar-refractivity contribution in [2.24, 2.45) is 0 Å². The van der Waals surface area contributed by atoms with Crippen LogP contribution in [-0.4, -0.2) is 34.0 Å². The van der Waals surface area contributed by atoms with E-state index < -0.39 is 22.8 Å². The quantitative estimate of drug-likeness (QED) is 0.639. The first-order chi connectivity index (χ1) is 8.34. The van der Waals surface area contributed by atoms with Gasteiger partial charge in [-0.05, 0) is 20.0 Å². The number of nitro groups is 1. The monoisotopic (exact) mass is 256 g/mol. The number of carboxylic acids is 1. The summed E-state index contributed by atoms with van der Waals surface area (Å²) >= 11 is 0. The molecule has 0 amide bonds. The van der Waals surface area contributed by atoms with Crippen molar-refractivity contribution in [2.45, 2.75) is 19.5 Å². The van der Waals surface area contributed by atoms with Gasteiger partial charge < -0.3 is 5.11 Å². The molecule has 0 aliphatic carbocycles. The van der Waals surface area contributed by atoms with E-state index in [4.69, 9.17) is 5.11 Å². The molecule has 6 nitrogen and oxygen atoms in total. The van der Waals surface area contributed by atoms with E-state index in [1.165, 1.54) is 31.0 Å². The van der Waals surface area contributed by atoms with E-state index in [0.717, 1.165) is 6.07 Å². The molecule has 0 radical (unpaired) electrons. The molecule has 1 N–H and O–H groups in total. The largest absolute Gasteiger partial charge is 0.480 e. The lowest BCUT2D eigenvalue weighted by Gasteiger charge is -2.21. The summed E-state index contributed by atoms with van der Waals surface area (Å²) in [7, 11) is 1.47. The molecule has 0 heterocycles. The van der Waals surface area contributed by atoms with E-state index in [0.29, 0.717) is 0 Å². The number of halogens is 1. The Balaban J connectivity index is 3.03. The van der Waals surface area contributed by atoms with Crippen molar-refractivity contribution in [1.82, 2.24) is 4.90 Å². The fourth-order valence-corrected chi connectivity index (χ4v) is 1.45. The van der Waals surface area contributed by atoms with Crippen molar-refractivity contribution in [3.63, 3.8) is 0 Å². The van der Waals surface area contributed by atoms with Gasteiger partial charge in [0.1, 0.15) is 11.9 Å². The van der Waals surface area contributed by atoms with Crippen LogP contribution >= 0.6 is 0 Å². The first-order valence-electron chi connectivity index (χ1n) is 5.19. The van der Waals surface area contributed by atoms with E-state index in [2.05, 4.69) is 0 Å². The van der Waals surface area contributed by atoms with Gasteiger partial charge in [0, 0.05) is 12.6 Å². The number of aliphatic carboxylic acids is 1. The Morgan fingerprint density at radius 1 is 1.61 bits per heavy atom. The first kappa shape index (κ1) is 14.0. The van der Waals surface area contributed by atoms with Gasteiger partial charge >= 0.3 is 5.97 Å². The lowest BCUT2D eigenvalue weighted by atomic mass is 10.1. The highest BCUT2D eigenvalue weighted by atomic mass is 19.1. The van der Waals surface area contributed by atoms with E-state index in [1.54, 1.807) is 0 Å². The first-order valence-corrected chi connectivity index (χ1v) is 5.19. The second-order valence-electron chi connectivity index (χ2n) is 3.92. The van der Waals surface area contributed by atoms with Gasteiger partial charge in [0.05, 0.1) is 10.5 Å². The third kappa shape index (κ3) is 3.01. The van der Waals surface area contributed by atoms with Gasteiger partial charge in [0.25, 0.3) is 5.69 Å². The third-order valence-electron chi connectivity index (χ3n) is 2.72. The van der Waals surface area contributed by atoms with Crippen LogP contribution < -0.4 is 0 Å². The average molecular weight is 256 g/mol. The molecule has 0 aliphatic heterocycles. The van der Waals surface area contributed by atoms with Crippen molar-refractivity contribution < 1.29 is 19.2 Å². The molecular weight excluding hydrogens is 243 g/mol. The molecule has 0 fully saturated rings. The van der Waals surface area contributed by atoms with Gasteiger partial charge in [-0.2, -0.15) is 0 Å². The maximum absolute atomic E-state index is 13.6. The van der Waals surface area contributed by atoms with E-state index in [-0.39, 0.29) is 17.8 Å². The van der Waals surface area contributed by atoms with Gasteiger partial charge in [0.15, 0.2) is 0 Å². The molecular formula is C11H13FN2O4. The van der Waals surface area contributed by atoms with Crippen LogP contribution in [0.5, 0.6) is 0 Å². The van der Waals surface area contributed by atoms with Crippen LogP contribution in [0.15, 0.2) is 18.2 Å². The highest BCUT2D eigenvalue weighted by Crippen LogP contribution is 2.23. The third-order valence-corrected chi connectivity index (χ3v) is 2.72. The van der Waals surface area contributed by atoms with Crippen molar-refractivity contribution in [2.75, 3.05) is 7.05 Å². The second-order valence-corrected chi connectivity index (χ2v) is 3.92. The van der Waals surface area contributed by atoms with Gasteiger partial charge in [-0.1, -0.05) is 6.07 Å². The summed E-state index contributed by atoms with van der Waals surface area (Å²) in [6.07, 6.45) is 0. The minimum absolute atomic E-state index is 0.113. The summed E-state index contributed by atoms with van der Waals surface area (Å²) in [5.41, 5.74) is -0.461. The zero-order valence-corrected chi connectivity index (χ0v) is 9.96. The number of likely N-dealkylation sites (N-methyl/N-ethyl adjacent to an activating group) is 1. The Kier molecular flexibility index (Phi) is 4.33. The molecule has 7 heteroatoms. The Bertz CT molecular complexity index is 478. The van der Waals surface area contributed by atoms with E-state index in [1.807, 2.05) is 0 Å². The number of carbonyl (C=O) groups is 1. The second kappa shape index (κ2) is 5.54. The van der Waals surface area contributed by atoms with Gasteiger partial charge in [-0.3, -0.25) is 19.8 Å². The van der Waals surface area contributed by atoms with Crippen molar-refractivity contribution in [3.8, 4) is 0 Å². The molecule has 18 heavy (non-hydrogen) atoms. The number of hydrogen-bond acceptors (Lipinski definition) is 4. The summed E-state index contributed by atoms with van der Waals surface area (Å²) < 4.78 is 13.6. The van der Waals surface area contributed by atoms with Crippen molar-refractivity contribution in [3.05, 3.63) is 39.7 Å². The number of nitro benzene ring substituents is 1. The van der Waals surface area contributed by atoms with Crippen molar-refractivity contribution >= 4 is 11.7 Å². The zero-order chi connectivity index (χ0) is 13.9. The summed E-state index contributed by atoms with van der Waals surface area (Å²) in [6, 6.07) is 2.70. The van der Waals surface area contributed by atoms with Gasteiger partial charge in [-0.25, -0.2) is 4.39 Å². The Morgan fingerprint density at radius 3 is 2.72 bits per heavy atom. The molecule has 0 aromatic heterocycles. The summed E-state index contributed by atoms with van der Waals surface area (Å²) in [5.74, 6) is -1.79. The fraction of sp³-hybridized carbons (Fsp3) is 0.364. The molecule has 1 aromatic carbocycles. The minimum Gasteiger partial charge on any atom is -0.480 e. The Hall–Kier alpha value is -2.02. The molecule has 1 aromatic rings. The summed E-state index contributed by atoms with van der Waals surface area (Å²) in [6.45, 7) is 1.28. The SMILES string of the molecule is CC(C(=O)O)N(C)Cc1c(F)cccc1[N+](=O)[O-]. The predicted octanol–water partition coefficient (Wildman–Crippen LogP) is 1.64. The standard InChI is InChI=1S/C11H13FN2O4/c1-7(11(15)16)13(2)6-8-9(12)4-3-5-10(8)14(17)18/h3-5,7H,6H2,1-2H3,(H,15,16). The maximum atomic E-state index is 13.6. The van der Waals surface area contributed by atoms with E-state index in [9.17, 15) is 19.3 Å².